The second kappa shape index (κ2) is 6.89. The van der Waals surface area contributed by atoms with Crippen molar-refractivity contribution in [1.82, 2.24) is 4.98 Å². The van der Waals surface area contributed by atoms with Crippen LogP contribution in [0.4, 0.5) is 0 Å². The molecule has 0 aliphatic carbocycles. The highest BCUT2D eigenvalue weighted by Gasteiger charge is 1.96. The van der Waals surface area contributed by atoms with Gasteiger partial charge in [-0.2, -0.15) is 5.10 Å². The Bertz CT molecular complexity index is 589. The van der Waals surface area contributed by atoms with Crippen molar-refractivity contribution in [3.05, 3.63) is 59.9 Å². The van der Waals surface area contributed by atoms with Crippen LogP contribution in [0.1, 0.15) is 11.3 Å². The van der Waals surface area contributed by atoms with Crippen LogP contribution < -0.4 is 16.2 Å². The largest absolute Gasteiger partial charge is 0.487 e. The molecule has 0 unspecified atom stereocenters. The van der Waals surface area contributed by atoms with E-state index in [9.17, 15) is 0 Å². The first-order valence-corrected chi connectivity index (χ1v) is 5.99. The van der Waals surface area contributed by atoms with Crippen LogP contribution in [0.2, 0.25) is 0 Å². The van der Waals surface area contributed by atoms with Crippen molar-refractivity contribution in [2.75, 3.05) is 0 Å². The Balaban J connectivity index is 1.92. The lowest BCUT2D eigenvalue weighted by molar-refractivity contribution is 0.301. The predicted octanol–water partition coefficient (Wildman–Crippen LogP) is 1.27. The molecular weight excluding hydrogens is 254 g/mol. The average Bonchev–Trinajstić information content (AvgIpc) is 2.47. The highest BCUT2D eigenvalue weighted by atomic mass is 16.5. The first-order valence-electron chi connectivity index (χ1n) is 5.99. The fraction of sp³-hybridized carbons (Fsp3) is 0.0714. The van der Waals surface area contributed by atoms with Gasteiger partial charge in [0.2, 0.25) is 5.96 Å². The Hall–Kier alpha value is -2.89. The summed E-state index contributed by atoms with van der Waals surface area (Å²) in [4.78, 5) is 4.18. The number of aromatic nitrogens is 1. The summed E-state index contributed by atoms with van der Waals surface area (Å²) >= 11 is 0. The highest BCUT2D eigenvalue weighted by Crippen LogP contribution is 2.12. The van der Waals surface area contributed by atoms with E-state index < -0.39 is 0 Å². The number of nitrogens with zero attached hydrogens (tertiary/aromatic N) is 3. The quantitative estimate of drug-likeness (QED) is 0.485. The third kappa shape index (κ3) is 4.41. The number of hydrogen-bond donors (Lipinski definition) is 2. The fourth-order valence-corrected chi connectivity index (χ4v) is 1.45. The molecule has 1 aromatic carbocycles. The van der Waals surface area contributed by atoms with E-state index in [0.717, 1.165) is 17.0 Å². The van der Waals surface area contributed by atoms with Crippen LogP contribution in [0.3, 0.4) is 0 Å². The average molecular weight is 269 g/mol. The maximum absolute atomic E-state index is 5.62. The summed E-state index contributed by atoms with van der Waals surface area (Å²) in [5.41, 5.74) is 12.1. The summed E-state index contributed by atoms with van der Waals surface area (Å²) in [5.74, 6) is 0.686. The van der Waals surface area contributed by atoms with Gasteiger partial charge in [-0.05, 0) is 42.0 Å². The second-order valence-electron chi connectivity index (χ2n) is 3.95. The van der Waals surface area contributed by atoms with Gasteiger partial charge >= 0.3 is 0 Å². The minimum atomic E-state index is -0.0726. The number of rotatable bonds is 5. The molecule has 2 aromatic rings. The molecule has 4 N–H and O–H groups in total. The van der Waals surface area contributed by atoms with Gasteiger partial charge in [0.1, 0.15) is 12.4 Å². The molecule has 0 fully saturated rings. The van der Waals surface area contributed by atoms with Crippen LogP contribution >= 0.6 is 0 Å². The van der Waals surface area contributed by atoms with Crippen LogP contribution in [-0.2, 0) is 6.61 Å². The van der Waals surface area contributed by atoms with Crippen molar-refractivity contribution in [3.8, 4) is 5.75 Å². The van der Waals surface area contributed by atoms with Crippen molar-refractivity contribution >= 4 is 12.2 Å². The van der Waals surface area contributed by atoms with Gasteiger partial charge in [0.05, 0.1) is 11.9 Å². The number of ether oxygens (including phenoxy) is 1. The maximum Gasteiger partial charge on any atom is 0.211 e. The molecule has 1 aromatic heterocycles. The number of benzene rings is 1. The Morgan fingerprint density at radius 1 is 1.15 bits per heavy atom. The normalized spacial score (nSPS) is 10.4. The number of hydrogen-bond acceptors (Lipinski definition) is 4. The highest BCUT2D eigenvalue weighted by molar-refractivity contribution is 5.81. The Kier molecular flexibility index (Phi) is 4.66. The monoisotopic (exact) mass is 269 g/mol. The van der Waals surface area contributed by atoms with E-state index in [1.54, 1.807) is 12.4 Å². The molecule has 0 aliphatic heterocycles. The lowest BCUT2D eigenvalue weighted by atomic mass is 10.2. The summed E-state index contributed by atoms with van der Waals surface area (Å²) in [6, 6.07) is 13.1. The molecule has 0 saturated carbocycles. The van der Waals surface area contributed by atoms with Crippen LogP contribution in [0.25, 0.3) is 0 Å². The molecular formula is C14H15N5O. The molecule has 0 atom stereocenters. The van der Waals surface area contributed by atoms with E-state index in [0.29, 0.717) is 6.61 Å². The van der Waals surface area contributed by atoms with Crippen LogP contribution in [0.5, 0.6) is 5.75 Å². The third-order valence-corrected chi connectivity index (χ3v) is 2.37. The van der Waals surface area contributed by atoms with Gasteiger partial charge in [-0.1, -0.05) is 6.07 Å². The maximum atomic E-state index is 5.62. The second-order valence-corrected chi connectivity index (χ2v) is 3.95. The lowest BCUT2D eigenvalue weighted by Gasteiger charge is -2.05. The Labute approximate surface area is 116 Å². The Morgan fingerprint density at radius 2 is 1.95 bits per heavy atom. The summed E-state index contributed by atoms with van der Waals surface area (Å²) in [7, 11) is 0. The topological polar surface area (TPSA) is 98.9 Å². The van der Waals surface area contributed by atoms with Crippen LogP contribution in [0, 0.1) is 0 Å². The molecule has 2 rings (SSSR count). The van der Waals surface area contributed by atoms with Crippen molar-refractivity contribution in [2.45, 2.75) is 6.61 Å². The zero-order valence-corrected chi connectivity index (χ0v) is 10.8. The van der Waals surface area contributed by atoms with Crippen molar-refractivity contribution in [1.29, 1.82) is 0 Å². The predicted molar refractivity (Wildman–Crippen MR) is 78.4 cm³/mol. The summed E-state index contributed by atoms with van der Waals surface area (Å²) in [5, 5.41) is 7.25. The molecule has 20 heavy (non-hydrogen) atoms. The van der Waals surface area contributed by atoms with Gasteiger partial charge in [0.25, 0.3) is 0 Å². The molecule has 0 amide bonds. The van der Waals surface area contributed by atoms with Gasteiger partial charge < -0.3 is 16.2 Å². The molecule has 102 valence electrons. The molecule has 6 heteroatoms. The van der Waals surface area contributed by atoms with Crippen molar-refractivity contribution < 1.29 is 4.74 Å². The van der Waals surface area contributed by atoms with E-state index >= 15 is 0 Å². The first kappa shape index (κ1) is 13.5. The standard InChI is InChI=1S/C14H15N5O/c15-14(16)19-18-9-11-4-6-13(7-5-11)20-10-12-3-1-2-8-17-12/h1-9H,10H2,(H4,15,16,19). The first-order chi connectivity index (χ1) is 9.74. The summed E-state index contributed by atoms with van der Waals surface area (Å²) in [6.07, 6.45) is 3.30. The smallest absolute Gasteiger partial charge is 0.211 e. The molecule has 0 saturated heterocycles. The molecule has 1 heterocycles. The molecule has 0 bridgehead atoms. The minimum Gasteiger partial charge on any atom is -0.487 e. The molecule has 0 aliphatic rings. The molecule has 0 spiro atoms. The van der Waals surface area contributed by atoms with Crippen LogP contribution in [-0.4, -0.2) is 17.2 Å². The lowest BCUT2D eigenvalue weighted by Crippen LogP contribution is -2.21. The number of nitrogens with two attached hydrogens (primary N) is 2. The van der Waals surface area contributed by atoms with Crippen molar-refractivity contribution in [3.63, 3.8) is 0 Å². The minimum absolute atomic E-state index is 0.0726. The van der Waals surface area contributed by atoms with E-state index in [1.165, 1.54) is 0 Å². The summed E-state index contributed by atoms with van der Waals surface area (Å²) in [6.45, 7) is 0.433. The number of pyridine rings is 1. The van der Waals surface area contributed by atoms with E-state index in [1.807, 2.05) is 42.5 Å². The molecule has 6 nitrogen and oxygen atoms in total. The third-order valence-electron chi connectivity index (χ3n) is 2.37. The summed E-state index contributed by atoms with van der Waals surface area (Å²) < 4.78 is 5.62. The molecule has 0 radical (unpaired) electrons. The SMILES string of the molecule is NC(N)=NN=Cc1ccc(OCc2ccccn2)cc1. The van der Waals surface area contributed by atoms with E-state index in [2.05, 4.69) is 15.2 Å². The van der Waals surface area contributed by atoms with E-state index in [4.69, 9.17) is 16.2 Å². The Morgan fingerprint density at radius 3 is 2.60 bits per heavy atom. The van der Waals surface area contributed by atoms with E-state index in [-0.39, 0.29) is 5.96 Å². The van der Waals surface area contributed by atoms with Gasteiger partial charge in [-0.15, -0.1) is 5.10 Å². The zero-order chi connectivity index (χ0) is 14.2. The zero-order valence-electron chi connectivity index (χ0n) is 10.8. The fourth-order valence-electron chi connectivity index (χ4n) is 1.45. The van der Waals surface area contributed by atoms with Gasteiger partial charge in [0, 0.05) is 6.20 Å². The van der Waals surface area contributed by atoms with Crippen LogP contribution in [0.15, 0.2) is 58.9 Å². The van der Waals surface area contributed by atoms with Crippen molar-refractivity contribution in [2.24, 2.45) is 21.7 Å². The van der Waals surface area contributed by atoms with Gasteiger partial charge in [-0.25, -0.2) is 0 Å². The van der Waals surface area contributed by atoms with Gasteiger partial charge in [-0.3, -0.25) is 4.98 Å². The van der Waals surface area contributed by atoms with Gasteiger partial charge in [0.15, 0.2) is 0 Å². The number of guanidine groups is 1.